The summed E-state index contributed by atoms with van der Waals surface area (Å²) in [5.74, 6) is 2.08. The molecule has 1 aromatic carbocycles. The number of hydrogen-bond donors (Lipinski definition) is 1. The van der Waals surface area contributed by atoms with E-state index in [9.17, 15) is 0 Å². The van der Waals surface area contributed by atoms with Crippen molar-refractivity contribution in [1.29, 1.82) is 0 Å². The first-order valence-corrected chi connectivity index (χ1v) is 8.19. The number of nitrogens with zero attached hydrogens (tertiary/aromatic N) is 4. The lowest BCUT2D eigenvalue weighted by Crippen LogP contribution is -2.46. The van der Waals surface area contributed by atoms with Crippen LogP contribution in [0.25, 0.3) is 0 Å². The number of ether oxygens (including phenoxy) is 1. The summed E-state index contributed by atoms with van der Waals surface area (Å²) in [6.45, 7) is 8.13. The van der Waals surface area contributed by atoms with Gasteiger partial charge in [0.1, 0.15) is 5.75 Å². The predicted molar refractivity (Wildman–Crippen MR) is 92.0 cm³/mol. The Bertz CT molecular complexity index is 672. The summed E-state index contributed by atoms with van der Waals surface area (Å²) in [4.78, 5) is 9.06. The summed E-state index contributed by atoms with van der Waals surface area (Å²) in [5, 5.41) is 3.97. The molecule has 1 aromatic heterocycles. The Hall–Kier alpha value is -2.12. The molecule has 1 aliphatic heterocycles. The third-order valence-corrected chi connectivity index (χ3v) is 4.20. The van der Waals surface area contributed by atoms with Gasteiger partial charge in [0.15, 0.2) is 5.82 Å². The lowest BCUT2D eigenvalue weighted by atomic mass is 10.1. The first-order valence-electron chi connectivity index (χ1n) is 8.19. The average Bonchev–Trinajstić information content (AvgIpc) is 3.04. The van der Waals surface area contributed by atoms with E-state index in [1.165, 1.54) is 0 Å². The van der Waals surface area contributed by atoms with Crippen molar-refractivity contribution in [3.8, 4) is 5.75 Å². The lowest BCUT2D eigenvalue weighted by Gasteiger charge is -2.35. The Morgan fingerprint density at radius 2 is 1.92 bits per heavy atom. The summed E-state index contributed by atoms with van der Waals surface area (Å²) in [6.07, 6.45) is 0. The van der Waals surface area contributed by atoms with Crippen LogP contribution in [0.3, 0.4) is 0 Å². The second kappa shape index (κ2) is 6.78. The molecule has 0 spiro atoms. The number of piperazine rings is 1. The first-order chi connectivity index (χ1) is 11.5. The summed E-state index contributed by atoms with van der Waals surface area (Å²) >= 11 is 0. The van der Waals surface area contributed by atoms with Crippen molar-refractivity contribution in [2.45, 2.75) is 25.9 Å². The van der Waals surface area contributed by atoms with Crippen molar-refractivity contribution in [3.63, 3.8) is 0 Å². The van der Waals surface area contributed by atoms with Crippen LogP contribution in [0.4, 0.5) is 5.69 Å². The fraction of sp³-hybridized carbons (Fsp3) is 0.529. The van der Waals surface area contributed by atoms with Crippen LogP contribution in [0.1, 0.15) is 25.6 Å². The van der Waals surface area contributed by atoms with E-state index in [2.05, 4.69) is 26.0 Å². The molecule has 0 saturated carbocycles. The van der Waals surface area contributed by atoms with Crippen LogP contribution in [-0.2, 0) is 12.1 Å². The summed E-state index contributed by atoms with van der Waals surface area (Å²) in [7, 11) is 1.71. The molecule has 2 aromatic rings. The third-order valence-electron chi connectivity index (χ3n) is 4.20. The lowest BCUT2D eigenvalue weighted by molar-refractivity contribution is 0.214. The van der Waals surface area contributed by atoms with Gasteiger partial charge in [-0.3, -0.25) is 4.90 Å². The van der Waals surface area contributed by atoms with Crippen LogP contribution in [0.2, 0.25) is 0 Å². The quantitative estimate of drug-likeness (QED) is 0.891. The minimum atomic E-state index is -0.579. The van der Waals surface area contributed by atoms with Crippen LogP contribution >= 0.6 is 0 Å². The van der Waals surface area contributed by atoms with Gasteiger partial charge in [0.2, 0.25) is 5.89 Å². The highest BCUT2D eigenvalue weighted by atomic mass is 16.5. The topological polar surface area (TPSA) is 80.7 Å². The van der Waals surface area contributed by atoms with Crippen molar-refractivity contribution in [3.05, 3.63) is 36.0 Å². The monoisotopic (exact) mass is 331 g/mol. The molecule has 1 fully saturated rings. The zero-order chi connectivity index (χ0) is 17.2. The molecule has 1 aliphatic rings. The molecular weight excluding hydrogens is 306 g/mol. The number of para-hydroxylation sites is 2. The molecule has 0 aliphatic carbocycles. The van der Waals surface area contributed by atoms with Crippen molar-refractivity contribution < 1.29 is 9.26 Å². The van der Waals surface area contributed by atoms with Gasteiger partial charge in [0.25, 0.3) is 0 Å². The molecule has 0 bridgehead atoms. The molecular formula is C17H25N5O2. The van der Waals surface area contributed by atoms with Gasteiger partial charge in [-0.05, 0) is 26.0 Å². The van der Waals surface area contributed by atoms with Crippen molar-refractivity contribution in [2.24, 2.45) is 5.73 Å². The summed E-state index contributed by atoms with van der Waals surface area (Å²) < 4.78 is 10.8. The molecule has 1 saturated heterocycles. The number of benzene rings is 1. The Morgan fingerprint density at radius 3 is 2.54 bits per heavy atom. The van der Waals surface area contributed by atoms with Gasteiger partial charge >= 0.3 is 0 Å². The second-order valence-corrected chi connectivity index (χ2v) is 6.67. The van der Waals surface area contributed by atoms with E-state index in [-0.39, 0.29) is 0 Å². The van der Waals surface area contributed by atoms with Crippen molar-refractivity contribution >= 4 is 5.69 Å². The number of rotatable bonds is 5. The van der Waals surface area contributed by atoms with E-state index >= 15 is 0 Å². The fourth-order valence-corrected chi connectivity index (χ4v) is 2.81. The maximum Gasteiger partial charge on any atom is 0.240 e. The zero-order valence-electron chi connectivity index (χ0n) is 14.5. The summed E-state index contributed by atoms with van der Waals surface area (Å²) in [6, 6.07) is 8.13. The smallest absolute Gasteiger partial charge is 0.240 e. The molecule has 2 N–H and O–H groups in total. The Morgan fingerprint density at radius 1 is 1.21 bits per heavy atom. The van der Waals surface area contributed by atoms with E-state index in [0.717, 1.165) is 37.6 Å². The Balaban J connectivity index is 1.58. The standard InChI is InChI=1S/C17H25N5O2/c1-17(2,18)16-19-15(24-20-16)12-21-8-10-22(11-9-21)13-6-4-5-7-14(13)23-3/h4-7H,8-12,18H2,1-3H3. The highest BCUT2D eigenvalue weighted by molar-refractivity contribution is 5.58. The maximum absolute atomic E-state index is 6.00. The molecule has 0 atom stereocenters. The van der Waals surface area contributed by atoms with Crippen LogP contribution in [-0.4, -0.2) is 48.3 Å². The minimum Gasteiger partial charge on any atom is -0.495 e. The highest BCUT2D eigenvalue weighted by Crippen LogP contribution is 2.28. The van der Waals surface area contributed by atoms with Gasteiger partial charge in [-0.1, -0.05) is 17.3 Å². The first kappa shape index (κ1) is 16.7. The molecule has 130 valence electrons. The maximum atomic E-state index is 6.00. The zero-order valence-corrected chi connectivity index (χ0v) is 14.5. The van der Waals surface area contributed by atoms with E-state index in [1.807, 2.05) is 32.0 Å². The predicted octanol–water partition coefficient (Wildman–Crippen LogP) is 1.59. The number of hydrogen-bond acceptors (Lipinski definition) is 7. The van der Waals surface area contributed by atoms with Crippen LogP contribution in [0.5, 0.6) is 5.75 Å². The molecule has 0 radical (unpaired) electrons. The number of nitrogens with two attached hydrogens (primary N) is 1. The van der Waals surface area contributed by atoms with Gasteiger partial charge in [-0.25, -0.2) is 0 Å². The SMILES string of the molecule is COc1ccccc1N1CCN(Cc2nc(C(C)(C)N)no2)CC1. The number of aromatic nitrogens is 2. The molecule has 0 amide bonds. The van der Waals surface area contributed by atoms with Gasteiger partial charge in [0.05, 0.1) is 24.9 Å². The summed E-state index contributed by atoms with van der Waals surface area (Å²) in [5.41, 5.74) is 6.56. The van der Waals surface area contributed by atoms with Gasteiger partial charge in [0, 0.05) is 26.2 Å². The second-order valence-electron chi connectivity index (χ2n) is 6.67. The van der Waals surface area contributed by atoms with Crippen LogP contribution in [0, 0.1) is 0 Å². The highest BCUT2D eigenvalue weighted by Gasteiger charge is 2.24. The van der Waals surface area contributed by atoms with E-state index < -0.39 is 5.54 Å². The number of anilines is 1. The fourth-order valence-electron chi connectivity index (χ4n) is 2.81. The molecule has 2 heterocycles. The third kappa shape index (κ3) is 3.68. The number of methoxy groups -OCH3 is 1. The van der Waals surface area contributed by atoms with Crippen LogP contribution in [0.15, 0.2) is 28.8 Å². The Kier molecular flexibility index (Phi) is 4.73. The molecule has 7 heteroatoms. The van der Waals surface area contributed by atoms with Crippen molar-refractivity contribution in [1.82, 2.24) is 15.0 Å². The van der Waals surface area contributed by atoms with Crippen molar-refractivity contribution in [2.75, 3.05) is 38.2 Å². The van der Waals surface area contributed by atoms with E-state index in [0.29, 0.717) is 18.3 Å². The normalized spacial score (nSPS) is 16.4. The molecule has 24 heavy (non-hydrogen) atoms. The van der Waals surface area contributed by atoms with Gasteiger partial charge < -0.3 is 19.9 Å². The molecule has 7 nitrogen and oxygen atoms in total. The van der Waals surface area contributed by atoms with Gasteiger partial charge in [-0.15, -0.1) is 0 Å². The average molecular weight is 331 g/mol. The molecule has 3 rings (SSSR count). The van der Waals surface area contributed by atoms with E-state index in [4.69, 9.17) is 15.0 Å². The largest absolute Gasteiger partial charge is 0.495 e. The van der Waals surface area contributed by atoms with Gasteiger partial charge in [-0.2, -0.15) is 4.98 Å². The van der Waals surface area contributed by atoms with Crippen LogP contribution < -0.4 is 15.4 Å². The minimum absolute atomic E-state index is 0.546. The molecule has 0 unspecified atom stereocenters. The van der Waals surface area contributed by atoms with E-state index in [1.54, 1.807) is 7.11 Å². The Labute approximate surface area is 142 Å².